The van der Waals surface area contributed by atoms with Gasteiger partial charge in [-0.15, -0.1) is 0 Å². The van der Waals surface area contributed by atoms with Gasteiger partial charge in [0.15, 0.2) is 0 Å². The molecule has 2 aromatic rings. The summed E-state index contributed by atoms with van der Waals surface area (Å²) in [5.74, 6) is 0.739. The van der Waals surface area contributed by atoms with Gasteiger partial charge < -0.3 is 19.9 Å². The van der Waals surface area contributed by atoms with Crippen LogP contribution in [-0.4, -0.2) is 69.9 Å². The first-order valence-electron chi connectivity index (χ1n) is 17.0. The molecule has 0 aromatic heterocycles. The molecule has 0 fully saturated rings. The third-order valence-corrected chi connectivity index (χ3v) is 7.27. The number of unbranched alkanes of at least 4 members (excludes halogenated alkanes) is 1. The van der Waals surface area contributed by atoms with E-state index >= 15 is 0 Å². The number of ether oxygens (including phenoxy) is 1. The van der Waals surface area contributed by atoms with Gasteiger partial charge in [0.05, 0.1) is 23.4 Å². The maximum atomic E-state index is 12.1. The van der Waals surface area contributed by atoms with Gasteiger partial charge in [0.1, 0.15) is 11.4 Å². The molecule has 0 aliphatic rings. The smallest absolute Gasteiger partial charge is 0.294 e. The minimum absolute atomic E-state index is 0.0358. The Bertz CT molecular complexity index is 1360. The predicted octanol–water partition coefficient (Wildman–Crippen LogP) is 9.47. The Labute approximate surface area is 285 Å². The summed E-state index contributed by atoms with van der Waals surface area (Å²) in [6, 6.07) is 9.67. The molecule has 0 amide bonds. The van der Waals surface area contributed by atoms with E-state index in [0.29, 0.717) is 29.4 Å². The molecule has 0 bridgehead atoms. The molecule has 0 unspecified atom stereocenters. The van der Waals surface area contributed by atoms with Crippen LogP contribution in [0.5, 0.6) is 5.75 Å². The first kappa shape index (κ1) is 43.0. The van der Waals surface area contributed by atoms with Gasteiger partial charge in [0.2, 0.25) is 5.96 Å². The first-order chi connectivity index (χ1) is 22.5. The summed E-state index contributed by atoms with van der Waals surface area (Å²) in [4.78, 5) is 25.0. The van der Waals surface area contributed by atoms with Crippen molar-refractivity contribution in [3.63, 3.8) is 0 Å². The number of anilines is 2. The quantitative estimate of drug-likeness (QED) is 0.0893. The number of allylic oxidation sites excluding steroid dienone is 3. The highest BCUT2D eigenvalue weighted by Crippen LogP contribution is 2.38. The van der Waals surface area contributed by atoms with Crippen molar-refractivity contribution in [3.8, 4) is 5.75 Å². The summed E-state index contributed by atoms with van der Waals surface area (Å²) in [6.45, 7) is 22.0. The van der Waals surface area contributed by atoms with E-state index in [0.717, 1.165) is 55.4 Å². The van der Waals surface area contributed by atoms with E-state index in [4.69, 9.17) is 9.73 Å². The summed E-state index contributed by atoms with van der Waals surface area (Å²) in [5.41, 5.74) is 7.17. The molecular formula is C38H62N6O3. The molecule has 2 rings (SSSR count). The fraction of sp³-hybridized carbons (Fsp3) is 0.526. The van der Waals surface area contributed by atoms with Crippen LogP contribution < -0.4 is 15.0 Å². The van der Waals surface area contributed by atoms with E-state index in [2.05, 4.69) is 55.0 Å². The number of nitrogens with zero attached hydrogens (tertiary/aromatic N) is 5. The largest absolute Gasteiger partial charge is 0.494 e. The van der Waals surface area contributed by atoms with Crippen molar-refractivity contribution in [2.45, 2.75) is 87.5 Å². The molecule has 0 atom stereocenters. The molecule has 0 aliphatic heterocycles. The van der Waals surface area contributed by atoms with Crippen LogP contribution in [0.4, 0.5) is 17.1 Å². The van der Waals surface area contributed by atoms with E-state index in [9.17, 15) is 10.1 Å². The maximum Gasteiger partial charge on any atom is 0.294 e. The predicted molar refractivity (Wildman–Crippen MR) is 206 cm³/mol. The van der Waals surface area contributed by atoms with E-state index in [1.807, 2.05) is 72.5 Å². The van der Waals surface area contributed by atoms with Gasteiger partial charge in [0.25, 0.3) is 5.69 Å². The van der Waals surface area contributed by atoms with Crippen LogP contribution in [-0.2, 0) is 12.8 Å². The van der Waals surface area contributed by atoms with Crippen molar-refractivity contribution in [3.05, 3.63) is 75.4 Å². The monoisotopic (exact) mass is 650 g/mol. The Morgan fingerprint density at radius 2 is 1.72 bits per heavy atom. The number of methoxy groups -OCH3 is 1. The fourth-order valence-electron chi connectivity index (χ4n) is 4.95. The van der Waals surface area contributed by atoms with Gasteiger partial charge in [-0.05, 0) is 69.5 Å². The Morgan fingerprint density at radius 3 is 2.21 bits per heavy atom. The molecule has 262 valence electrons. The van der Waals surface area contributed by atoms with Crippen molar-refractivity contribution >= 4 is 34.3 Å². The highest BCUT2D eigenvalue weighted by Gasteiger charge is 2.23. The van der Waals surface area contributed by atoms with Gasteiger partial charge in [0, 0.05) is 44.9 Å². The second kappa shape index (κ2) is 23.4. The van der Waals surface area contributed by atoms with Crippen LogP contribution in [0.2, 0.25) is 0 Å². The summed E-state index contributed by atoms with van der Waals surface area (Å²) in [7, 11) is 8.95. The summed E-state index contributed by atoms with van der Waals surface area (Å²) >= 11 is 0. The number of aryl methyl sites for hydroxylation is 1. The Hall–Kier alpha value is -3.98. The average molecular weight is 651 g/mol. The number of likely N-dealkylation sites (N-methyl/N-ethyl adjacent to an activating group) is 2. The molecule has 1 N–H and O–H groups in total. The number of hydrogen-bond acceptors (Lipinski definition) is 6. The van der Waals surface area contributed by atoms with Crippen molar-refractivity contribution in [1.82, 2.24) is 4.90 Å². The molecule has 9 nitrogen and oxygen atoms in total. The Morgan fingerprint density at radius 1 is 1.06 bits per heavy atom. The normalized spacial score (nSPS) is 11.7. The van der Waals surface area contributed by atoms with Crippen molar-refractivity contribution in [2.24, 2.45) is 9.98 Å². The summed E-state index contributed by atoms with van der Waals surface area (Å²) < 4.78 is 5.67. The van der Waals surface area contributed by atoms with Crippen molar-refractivity contribution in [1.29, 1.82) is 0 Å². The molecule has 0 saturated heterocycles. The Balaban J connectivity index is 0.00000508. The molecule has 0 radical (unpaired) electrons. The zero-order valence-electron chi connectivity index (χ0n) is 31.6. The highest BCUT2D eigenvalue weighted by molar-refractivity contribution is 6.34. The Kier molecular flexibility index (Phi) is 21.4. The number of rotatable bonds is 15. The van der Waals surface area contributed by atoms with Gasteiger partial charge in [-0.1, -0.05) is 85.2 Å². The molecule has 9 heteroatoms. The van der Waals surface area contributed by atoms with Crippen LogP contribution in [0.25, 0.3) is 5.57 Å². The average Bonchev–Trinajstić information content (AvgIpc) is 3.07. The second-order valence-corrected chi connectivity index (χ2v) is 10.9. The summed E-state index contributed by atoms with van der Waals surface area (Å²) in [5, 5.41) is 15.3. The molecule has 0 heterocycles. The molecule has 0 spiro atoms. The number of benzene rings is 2. The zero-order chi connectivity index (χ0) is 36.1. The van der Waals surface area contributed by atoms with Crippen LogP contribution in [0.3, 0.4) is 0 Å². The topological polar surface area (TPSA) is 95.6 Å². The highest BCUT2D eigenvalue weighted by atomic mass is 16.6. The lowest BCUT2D eigenvalue weighted by atomic mass is 9.87. The van der Waals surface area contributed by atoms with Crippen LogP contribution >= 0.6 is 0 Å². The number of hydrogen-bond donors (Lipinski definition) is 1. The second-order valence-electron chi connectivity index (χ2n) is 10.9. The van der Waals surface area contributed by atoms with Gasteiger partial charge in [-0.2, -0.15) is 0 Å². The number of aliphatic imine (C=N–C) groups is 2. The van der Waals surface area contributed by atoms with E-state index in [1.54, 1.807) is 20.2 Å². The standard InChI is InChI=1S/C34H50N6O3.2C2H6/c1-11-14-17-25-18-15-19-28(27(25)16-12-2)26(13-3)33(24(4)5)37-34(35-6)36-29-22-31(40(41)42)30(23-32(29)43-10)39(9)21-20-38(7)8;2*1-2/h13,15,18-19,22-23H,4,11-12,14,16-17,20-21H2,1-3,5-10H3,(H,35,36);2*1-2H3/b26-13+,37-33+;;. The van der Waals surface area contributed by atoms with Crippen LogP contribution in [0.1, 0.15) is 91.3 Å². The fourth-order valence-corrected chi connectivity index (χ4v) is 4.95. The van der Waals surface area contributed by atoms with Gasteiger partial charge in [-0.3, -0.25) is 15.1 Å². The van der Waals surface area contributed by atoms with Gasteiger partial charge in [-0.25, -0.2) is 4.99 Å². The minimum atomic E-state index is -0.379. The lowest BCUT2D eigenvalue weighted by Crippen LogP contribution is -2.29. The van der Waals surface area contributed by atoms with E-state index in [-0.39, 0.29) is 16.6 Å². The van der Waals surface area contributed by atoms with E-state index < -0.39 is 0 Å². The third-order valence-electron chi connectivity index (χ3n) is 7.27. The lowest BCUT2D eigenvalue weighted by molar-refractivity contribution is -0.384. The van der Waals surface area contributed by atoms with E-state index in [1.165, 1.54) is 17.2 Å². The number of guanidine groups is 1. The minimum Gasteiger partial charge on any atom is -0.494 e. The van der Waals surface area contributed by atoms with Crippen molar-refractivity contribution in [2.75, 3.05) is 58.6 Å². The third kappa shape index (κ3) is 13.0. The molecular weight excluding hydrogens is 588 g/mol. The molecule has 47 heavy (non-hydrogen) atoms. The zero-order valence-corrected chi connectivity index (χ0v) is 31.6. The number of nitro benzene ring substituents is 1. The number of nitro groups is 1. The molecule has 0 aliphatic carbocycles. The van der Waals surface area contributed by atoms with Crippen molar-refractivity contribution < 1.29 is 9.66 Å². The molecule has 2 aromatic carbocycles. The van der Waals surface area contributed by atoms with Crippen LogP contribution in [0.15, 0.2) is 58.5 Å². The number of nitrogens with one attached hydrogen (secondary N) is 1. The first-order valence-corrected chi connectivity index (χ1v) is 17.0. The van der Waals surface area contributed by atoms with Crippen LogP contribution in [0, 0.1) is 10.1 Å². The van der Waals surface area contributed by atoms with Gasteiger partial charge >= 0.3 is 0 Å². The maximum absolute atomic E-state index is 12.1. The lowest BCUT2D eigenvalue weighted by Gasteiger charge is -2.23. The summed E-state index contributed by atoms with van der Waals surface area (Å²) in [6.07, 6.45) is 7.40. The SMILES string of the molecule is C=C(C)C(=N\C(=NC)Nc1cc([N+](=O)[O-])c(N(C)CCN(C)C)cc1OC)/C(=C/C)c1cccc(CCCC)c1CCC.CC.CC. The molecule has 0 saturated carbocycles.